The van der Waals surface area contributed by atoms with Crippen LogP contribution in [0.15, 0.2) is 42.7 Å². The predicted molar refractivity (Wildman–Crippen MR) is 104 cm³/mol. The van der Waals surface area contributed by atoms with Gasteiger partial charge >= 0.3 is 6.09 Å². The highest BCUT2D eigenvalue weighted by Gasteiger charge is 2.30. The van der Waals surface area contributed by atoms with Crippen LogP contribution in [0.3, 0.4) is 0 Å². The highest BCUT2D eigenvalue weighted by molar-refractivity contribution is 6.28. The molecule has 1 amide bonds. The Balaban J connectivity index is 1.49. The number of aromatic nitrogens is 2. The number of rotatable bonds is 7. The van der Waals surface area contributed by atoms with Gasteiger partial charge in [0, 0.05) is 26.1 Å². The van der Waals surface area contributed by atoms with E-state index in [0.717, 1.165) is 18.4 Å². The predicted octanol–water partition coefficient (Wildman–Crippen LogP) is 3.57. The van der Waals surface area contributed by atoms with E-state index in [-0.39, 0.29) is 30.0 Å². The van der Waals surface area contributed by atoms with Gasteiger partial charge in [0.2, 0.25) is 5.28 Å². The minimum Gasteiger partial charge on any atom is -0.484 e. The van der Waals surface area contributed by atoms with Crippen LogP contribution in [0.2, 0.25) is 5.28 Å². The molecule has 2 aromatic rings. The lowest BCUT2D eigenvalue weighted by Crippen LogP contribution is -2.44. The van der Waals surface area contributed by atoms with E-state index in [0.29, 0.717) is 25.4 Å². The van der Waals surface area contributed by atoms with Gasteiger partial charge in [0.25, 0.3) is 0 Å². The van der Waals surface area contributed by atoms with Gasteiger partial charge in [-0.3, -0.25) is 0 Å². The summed E-state index contributed by atoms with van der Waals surface area (Å²) >= 11 is 5.72. The number of hydrogen-bond donors (Lipinski definition) is 0. The number of carbonyl (C=O) groups is 1. The van der Waals surface area contributed by atoms with Crippen molar-refractivity contribution in [2.24, 2.45) is 5.92 Å². The van der Waals surface area contributed by atoms with Crippen molar-refractivity contribution in [3.8, 4) is 5.75 Å². The minimum atomic E-state index is -0.280. The number of carbonyl (C=O) groups excluding carboxylic acids is 1. The Morgan fingerprint density at radius 2 is 1.89 bits per heavy atom. The summed E-state index contributed by atoms with van der Waals surface area (Å²) in [7, 11) is 1.64. The lowest BCUT2D eigenvalue weighted by Gasteiger charge is -2.35. The third kappa shape index (κ3) is 5.81. The van der Waals surface area contributed by atoms with Gasteiger partial charge in [-0.1, -0.05) is 30.3 Å². The van der Waals surface area contributed by atoms with Gasteiger partial charge in [0.05, 0.1) is 19.0 Å². The molecular formula is C20H24ClN3O4. The van der Waals surface area contributed by atoms with Gasteiger partial charge in [0.15, 0.2) is 5.75 Å². The smallest absolute Gasteiger partial charge is 0.410 e. The van der Waals surface area contributed by atoms with E-state index in [1.807, 2.05) is 30.3 Å². The lowest BCUT2D eigenvalue weighted by atomic mass is 9.91. The molecule has 2 heterocycles. The zero-order valence-electron chi connectivity index (χ0n) is 15.8. The van der Waals surface area contributed by atoms with Crippen molar-refractivity contribution in [3.05, 3.63) is 53.6 Å². The highest BCUT2D eigenvalue weighted by atomic mass is 35.5. The lowest BCUT2D eigenvalue weighted by molar-refractivity contribution is 0.0150. The number of likely N-dealkylation sites (tertiary alicyclic amines) is 1. The van der Waals surface area contributed by atoms with E-state index in [1.165, 1.54) is 0 Å². The van der Waals surface area contributed by atoms with E-state index in [2.05, 4.69) is 9.97 Å². The Bertz CT molecular complexity index is 737. The highest BCUT2D eigenvalue weighted by Crippen LogP contribution is 2.25. The molecule has 7 nitrogen and oxygen atoms in total. The Morgan fingerprint density at radius 3 is 2.54 bits per heavy atom. The van der Waals surface area contributed by atoms with Crippen LogP contribution >= 0.6 is 11.6 Å². The number of methoxy groups -OCH3 is 1. The van der Waals surface area contributed by atoms with Crippen LogP contribution < -0.4 is 4.74 Å². The van der Waals surface area contributed by atoms with Crippen LogP contribution in [0.5, 0.6) is 5.75 Å². The Morgan fingerprint density at radius 1 is 1.21 bits per heavy atom. The van der Waals surface area contributed by atoms with Gasteiger partial charge in [-0.2, -0.15) is 0 Å². The maximum Gasteiger partial charge on any atom is 0.410 e. The van der Waals surface area contributed by atoms with Crippen molar-refractivity contribution in [1.82, 2.24) is 14.9 Å². The number of ether oxygens (including phenoxy) is 3. The molecule has 1 unspecified atom stereocenters. The molecule has 1 aromatic heterocycles. The van der Waals surface area contributed by atoms with E-state index in [9.17, 15) is 4.79 Å². The third-order valence-electron chi connectivity index (χ3n) is 4.74. The SMILES string of the molecule is COCC(Oc1cnc(Cl)nc1)C1CCN(C(=O)OCc2ccccc2)CC1. The first-order valence-corrected chi connectivity index (χ1v) is 9.62. The van der Waals surface area contributed by atoms with Gasteiger partial charge < -0.3 is 19.1 Å². The van der Waals surface area contributed by atoms with Crippen LogP contribution in [0.1, 0.15) is 18.4 Å². The molecule has 0 bridgehead atoms. The summed E-state index contributed by atoms with van der Waals surface area (Å²) in [6, 6.07) is 9.66. The van der Waals surface area contributed by atoms with Crippen LogP contribution in [0.4, 0.5) is 4.79 Å². The van der Waals surface area contributed by atoms with Crippen LogP contribution in [0.25, 0.3) is 0 Å². The van der Waals surface area contributed by atoms with Crippen LogP contribution in [-0.2, 0) is 16.1 Å². The van der Waals surface area contributed by atoms with Gasteiger partial charge in [0.1, 0.15) is 12.7 Å². The minimum absolute atomic E-state index is 0.141. The second kappa shape index (κ2) is 10.2. The number of hydrogen-bond acceptors (Lipinski definition) is 6. The van der Waals surface area contributed by atoms with E-state index < -0.39 is 0 Å². The average Bonchev–Trinajstić information content (AvgIpc) is 2.74. The van der Waals surface area contributed by atoms with Gasteiger partial charge in [-0.15, -0.1) is 0 Å². The largest absolute Gasteiger partial charge is 0.484 e. The molecule has 1 aliphatic heterocycles. The molecule has 3 rings (SSSR count). The zero-order valence-corrected chi connectivity index (χ0v) is 16.5. The molecule has 1 fully saturated rings. The molecule has 28 heavy (non-hydrogen) atoms. The second-order valence-electron chi connectivity index (χ2n) is 6.66. The third-order valence-corrected chi connectivity index (χ3v) is 4.94. The molecule has 1 aromatic carbocycles. The monoisotopic (exact) mass is 405 g/mol. The molecule has 1 atom stereocenters. The standard InChI is InChI=1S/C20H24ClN3O4/c1-26-14-18(28-17-11-22-19(21)23-12-17)16-7-9-24(10-8-16)20(25)27-13-15-5-3-2-4-6-15/h2-6,11-12,16,18H,7-10,13-14H2,1H3. The summed E-state index contributed by atoms with van der Waals surface area (Å²) in [6.07, 6.45) is 4.29. The molecule has 0 spiro atoms. The van der Waals surface area contributed by atoms with Crippen LogP contribution in [-0.4, -0.2) is 53.9 Å². The van der Waals surface area contributed by atoms with Crippen molar-refractivity contribution < 1.29 is 19.0 Å². The fourth-order valence-electron chi connectivity index (χ4n) is 3.23. The number of piperidine rings is 1. The van der Waals surface area contributed by atoms with Crippen LogP contribution in [0, 0.1) is 5.92 Å². The molecule has 8 heteroatoms. The van der Waals surface area contributed by atoms with Gasteiger partial charge in [-0.25, -0.2) is 14.8 Å². The fraction of sp³-hybridized carbons (Fsp3) is 0.450. The zero-order chi connectivity index (χ0) is 19.8. The summed E-state index contributed by atoms with van der Waals surface area (Å²) in [4.78, 5) is 21.9. The summed E-state index contributed by atoms with van der Waals surface area (Å²) in [5.41, 5.74) is 0.976. The summed E-state index contributed by atoms with van der Waals surface area (Å²) in [6.45, 7) is 1.98. The molecule has 1 aliphatic rings. The first kappa shape index (κ1) is 20.4. The van der Waals surface area contributed by atoms with Gasteiger partial charge in [-0.05, 0) is 30.0 Å². The van der Waals surface area contributed by atoms with Crippen molar-refractivity contribution >= 4 is 17.7 Å². The topological polar surface area (TPSA) is 73.8 Å². The van der Waals surface area contributed by atoms with Crippen molar-refractivity contribution in [3.63, 3.8) is 0 Å². The Hall–Kier alpha value is -2.38. The van der Waals surface area contributed by atoms with Crippen molar-refractivity contribution in [2.45, 2.75) is 25.6 Å². The quantitative estimate of drug-likeness (QED) is 0.655. The molecule has 0 saturated carbocycles. The first-order valence-electron chi connectivity index (χ1n) is 9.24. The van der Waals surface area contributed by atoms with E-state index in [1.54, 1.807) is 24.4 Å². The van der Waals surface area contributed by atoms with E-state index in [4.69, 9.17) is 25.8 Å². The second-order valence-corrected chi connectivity index (χ2v) is 7.00. The molecule has 1 saturated heterocycles. The van der Waals surface area contributed by atoms with Crippen molar-refractivity contribution in [2.75, 3.05) is 26.8 Å². The Kier molecular flexibility index (Phi) is 7.45. The molecular weight excluding hydrogens is 382 g/mol. The average molecular weight is 406 g/mol. The number of halogens is 1. The maximum atomic E-state index is 12.3. The van der Waals surface area contributed by atoms with Crippen molar-refractivity contribution in [1.29, 1.82) is 0 Å². The fourth-order valence-corrected chi connectivity index (χ4v) is 3.33. The summed E-state index contributed by atoms with van der Waals surface area (Å²) < 4.78 is 16.7. The number of amides is 1. The summed E-state index contributed by atoms with van der Waals surface area (Å²) in [5.74, 6) is 0.810. The summed E-state index contributed by atoms with van der Waals surface area (Å²) in [5, 5.41) is 0.179. The normalized spacial score (nSPS) is 15.9. The first-order chi connectivity index (χ1) is 13.7. The number of benzene rings is 1. The van der Waals surface area contributed by atoms with E-state index >= 15 is 0 Å². The maximum absolute atomic E-state index is 12.3. The molecule has 0 radical (unpaired) electrons. The molecule has 150 valence electrons. The molecule has 0 aliphatic carbocycles. The number of nitrogens with zero attached hydrogens (tertiary/aromatic N) is 3. The molecule has 0 N–H and O–H groups in total. The Labute approximate surface area is 169 Å².